The first-order chi connectivity index (χ1) is 9.97. The van der Waals surface area contributed by atoms with Crippen LogP contribution in [-0.2, 0) is 14.3 Å². The minimum atomic E-state index is -1.05. The van der Waals surface area contributed by atoms with Gasteiger partial charge in [-0.25, -0.2) is 4.79 Å². The number of aliphatic hydroxyl groups excluding tert-OH is 2. The predicted molar refractivity (Wildman–Crippen MR) is 74.7 cm³/mol. The second-order valence-corrected chi connectivity index (χ2v) is 3.93. The van der Waals surface area contributed by atoms with Crippen LogP contribution in [-0.4, -0.2) is 58.8 Å². The first kappa shape index (κ1) is 19.0. The maximum Gasteiger partial charge on any atom is 0.335 e. The van der Waals surface area contributed by atoms with Gasteiger partial charge in [0.2, 0.25) is 0 Å². The number of hydrogen-bond donors (Lipinski definition) is 4. The summed E-state index contributed by atoms with van der Waals surface area (Å²) in [5, 5.41) is 33.7. The van der Waals surface area contributed by atoms with Gasteiger partial charge in [0, 0.05) is 0 Å². The quantitative estimate of drug-likeness (QED) is 0.516. The molecule has 1 rings (SSSR count). The second-order valence-electron chi connectivity index (χ2n) is 3.93. The van der Waals surface area contributed by atoms with E-state index in [4.69, 9.17) is 20.4 Å². The molecule has 0 aromatic rings. The Kier molecular flexibility index (Phi) is 9.78. The fraction of sp³-hybridized carbons (Fsp3) is 0.429. The molecule has 0 aromatic heterocycles. The Morgan fingerprint density at radius 3 is 2.19 bits per heavy atom. The van der Waals surface area contributed by atoms with Crippen molar-refractivity contribution in [1.82, 2.24) is 0 Å². The van der Waals surface area contributed by atoms with Gasteiger partial charge in [0.05, 0.1) is 37.9 Å². The third-order valence-corrected chi connectivity index (χ3v) is 2.47. The molecule has 7 nitrogen and oxygen atoms in total. The van der Waals surface area contributed by atoms with Crippen LogP contribution in [0.2, 0.25) is 0 Å². The monoisotopic (exact) mass is 300 g/mol. The number of aliphatic hydroxyl groups is 2. The summed E-state index contributed by atoms with van der Waals surface area (Å²) >= 11 is 0. The average Bonchev–Trinajstić information content (AvgIpc) is 2.47. The van der Waals surface area contributed by atoms with Gasteiger partial charge in [0.1, 0.15) is 0 Å². The molecule has 0 aromatic carbocycles. The minimum Gasteiger partial charge on any atom is -0.481 e. The van der Waals surface area contributed by atoms with Crippen molar-refractivity contribution < 1.29 is 34.8 Å². The van der Waals surface area contributed by atoms with Crippen molar-refractivity contribution in [2.45, 2.75) is 6.92 Å². The molecule has 4 N–H and O–H groups in total. The molecule has 0 bridgehead atoms. The van der Waals surface area contributed by atoms with Crippen molar-refractivity contribution in [3.63, 3.8) is 0 Å². The SMILES string of the molecule is CC=C1C=C(C(=O)O)C=CC1C(=O)O.OCCOCCO. The molecule has 0 spiro atoms. The zero-order valence-electron chi connectivity index (χ0n) is 11.7. The Bertz CT molecular complexity index is 431. The summed E-state index contributed by atoms with van der Waals surface area (Å²) in [7, 11) is 0. The molecule has 0 amide bonds. The molecule has 21 heavy (non-hydrogen) atoms. The second kappa shape index (κ2) is 10.8. The lowest BCUT2D eigenvalue weighted by Gasteiger charge is -2.13. The van der Waals surface area contributed by atoms with E-state index in [9.17, 15) is 9.59 Å². The molecule has 1 aliphatic carbocycles. The van der Waals surface area contributed by atoms with Crippen LogP contribution in [0.15, 0.2) is 35.5 Å². The average molecular weight is 300 g/mol. The molecule has 0 radical (unpaired) electrons. The van der Waals surface area contributed by atoms with E-state index in [1.54, 1.807) is 13.0 Å². The molecule has 1 unspecified atom stereocenters. The summed E-state index contributed by atoms with van der Waals surface area (Å²) in [5.41, 5.74) is 0.605. The lowest BCUT2D eigenvalue weighted by Crippen LogP contribution is -2.16. The first-order valence-corrected chi connectivity index (χ1v) is 6.29. The van der Waals surface area contributed by atoms with Crippen LogP contribution in [0.5, 0.6) is 0 Å². The van der Waals surface area contributed by atoms with Crippen molar-refractivity contribution in [2.75, 3.05) is 26.4 Å². The van der Waals surface area contributed by atoms with E-state index in [-0.39, 0.29) is 18.8 Å². The molecule has 0 aliphatic heterocycles. The lowest BCUT2D eigenvalue weighted by molar-refractivity contribution is -0.139. The highest BCUT2D eigenvalue weighted by atomic mass is 16.5. The van der Waals surface area contributed by atoms with E-state index >= 15 is 0 Å². The van der Waals surface area contributed by atoms with Crippen molar-refractivity contribution in [2.24, 2.45) is 5.92 Å². The number of ether oxygens (including phenoxy) is 1. The van der Waals surface area contributed by atoms with E-state index in [0.29, 0.717) is 18.8 Å². The number of carboxylic acid groups (broad SMARTS) is 2. The zero-order chi connectivity index (χ0) is 16.3. The van der Waals surface area contributed by atoms with Crippen LogP contribution in [0.3, 0.4) is 0 Å². The van der Waals surface area contributed by atoms with Gasteiger partial charge in [-0.3, -0.25) is 4.79 Å². The molecular weight excluding hydrogens is 280 g/mol. The number of aliphatic carboxylic acids is 2. The molecule has 7 heteroatoms. The number of carbonyl (C=O) groups is 2. The molecule has 0 fully saturated rings. The van der Waals surface area contributed by atoms with Gasteiger partial charge >= 0.3 is 11.9 Å². The van der Waals surface area contributed by atoms with Crippen molar-refractivity contribution in [1.29, 1.82) is 0 Å². The van der Waals surface area contributed by atoms with Crippen molar-refractivity contribution in [3.05, 3.63) is 35.5 Å². The molecule has 1 aliphatic rings. The van der Waals surface area contributed by atoms with Crippen LogP contribution in [0, 0.1) is 5.92 Å². The van der Waals surface area contributed by atoms with Gasteiger partial charge in [-0.2, -0.15) is 0 Å². The first-order valence-electron chi connectivity index (χ1n) is 6.29. The van der Waals surface area contributed by atoms with E-state index < -0.39 is 17.9 Å². The molecule has 0 saturated heterocycles. The third kappa shape index (κ3) is 7.40. The van der Waals surface area contributed by atoms with Gasteiger partial charge in [-0.05, 0) is 18.6 Å². The Balaban J connectivity index is 0.000000486. The highest BCUT2D eigenvalue weighted by molar-refractivity contribution is 5.92. The molecular formula is C14H20O7. The van der Waals surface area contributed by atoms with Crippen molar-refractivity contribution in [3.8, 4) is 0 Å². The standard InChI is InChI=1S/C10H10O4.C4H10O3/c1-2-6-5-7(9(11)12)3-4-8(6)10(13)14;5-1-3-7-4-2-6/h2-5,8H,1H3,(H,11,12)(H,13,14);5-6H,1-4H2. The highest BCUT2D eigenvalue weighted by Crippen LogP contribution is 2.22. The zero-order valence-corrected chi connectivity index (χ0v) is 11.7. The summed E-state index contributed by atoms with van der Waals surface area (Å²) in [6, 6.07) is 0. The predicted octanol–water partition coefficient (Wildman–Crippen LogP) is 0.202. The van der Waals surface area contributed by atoms with Crippen molar-refractivity contribution >= 4 is 11.9 Å². The van der Waals surface area contributed by atoms with Crippen LogP contribution in [0.25, 0.3) is 0 Å². The Morgan fingerprint density at radius 2 is 1.81 bits per heavy atom. The van der Waals surface area contributed by atoms with Crippen LogP contribution in [0.4, 0.5) is 0 Å². The Hall–Kier alpha value is -1.96. The van der Waals surface area contributed by atoms with E-state index in [0.717, 1.165) is 0 Å². The van der Waals surface area contributed by atoms with E-state index in [1.165, 1.54) is 18.2 Å². The van der Waals surface area contributed by atoms with Crippen LogP contribution >= 0.6 is 0 Å². The topological polar surface area (TPSA) is 124 Å². The van der Waals surface area contributed by atoms with E-state index in [2.05, 4.69) is 4.74 Å². The number of allylic oxidation sites excluding steroid dienone is 2. The fourth-order valence-corrected chi connectivity index (χ4v) is 1.48. The van der Waals surface area contributed by atoms with E-state index in [1.807, 2.05) is 0 Å². The smallest absolute Gasteiger partial charge is 0.335 e. The minimum absolute atomic E-state index is 0.0278. The summed E-state index contributed by atoms with van der Waals surface area (Å²) < 4.78 is 4.63. The van der Waals surface area contributed by atoms with Gasteiger partial charge in [0.15, 0.2) is 0 Å². The molecule has 1 atom stereocenters. The normalized spacial score (nSPS) is 18.7. The van der Waals surface area contributed by atoms with Gasteiger partial charge < -0.3 is 25.2 Å². The maximum atomic E-state index is 10.7. The maximum absolute atomic E-state index is 10.7. The molecule has 0 saturated carbocycles. The van der Waals surface area contributed by atoms with Gasteiger partial charge in [-0.1, -0.05) is 18.2 Å². The number of rotatable bonds is 6. The Labute approximate surface area is 122 Å². The number of carboxylic acids is 2. The molecule has 118 valence electrons. The Morgan fingerprint density at radius 1 is 1.24 bits per heavy atom. The van der Waals surface area contributed by atoms with Gasteiger partial charge in [-0.15, -0.1) is 0 Å². The highest BCUT2D eigenvalue weighted by Gasteiger charge is 2.22. The van der Waals surface area contributed by atoms with Gasteiger partial charge in [0.25, 0.3) is 0 Å². The number of hydrogen-bond acceptors (Lipinski definition) is 5. The van der Waals surface area contributed by atoms with Crippen LogP contribution < -0.4 is 0 Å². The lowest BCUT2D eigenvalue weighted by atomic mass is 9.91. The van der Waals surface area contributed by atoms with Crippen LogP contribution in [0.1, 0.15) is 6.92 Å². The summed E-state index contributed by atoms with van der Waals surface area (Å²) in [6.45, 7) is 2.38. The largest absolute Gasteiger partial charge is 0.481 e. The summed E-state index contributed by atoms with van der Waals surface area (Å²) in [5.74, 6) is -2.76. The summed E-state index contributed by atoms with van der Waals surface area (Å²) in [6.07, 6.45) is 5.67. The third-order valence-electron chi connectivity index (χ3n) is 2.47. The fourth-order valence-electron chi connectivity index (χ4n) is 1.48. The summed E-state index contributed by atoms with van der Waals surface area (Å²) in [4.78, 5) is 21.3. The molecule has 0 heterocycles.